The standard InChI is InChI=1S/C19H19NO4S2/c1-24-18-8-4-14(5-9-18)10-17(22)12-25-26-13-19(23)20-16-6-2-15(11-21)3-7-16/h2-9,11H,10,12-13H2,1H3,(H,20,23). The van der Waals surface area contributed by atoms with Crippen LogP contribution in [0.5, 0.6) is 5.75 Å². The van der Waals surface area contributed by atoms with Crippen molar-refractivity contribution in [3.8, 4) is 5.75 Å². The molecular weight excluding hydrogens is 370 g/mol. The molecule has 5 nitrogen and oxygen atoms in total. The highest BCUT2D eigenvalue weighted by Crippen LogP contribution is 2.22. The summed E-state index contributed by atoms with van der Waals surface area (Å²) in [5.41, 5.74) is 2.14. The molecule has 0 saturated heterocycles. The maximum Gasteiger partial charge on any atom is 0.235 e. The number of hydrogen-bond donors (Lipinski definition) is 1. The van der Waals surface area contributed by atoms with Gasteiger partial charge in [-0.15, -0.1) is 0 Å². The lowest BCUT2D eigenvalue weighted by molar-refractivity contribution is -0.116. The number of benzene rings is 2. The Morgan fingerprint density at radius 1 is 1.00 bits per heavy atom. The normalized spacial score (nSPS) is 10.2. The van der Waals surface area contributed by atoms with Crippen LogP contribution in [-0.2, 0) is 16.0 Å². The molecule has 2 aromatic carbocycles. The van der Waals surface area contributed by atoms with Gasteiger partial charge in [0.2, 0.25) is 5.91 Å². The van der Waals surface area contributed by atoms with Gasteiger partial charge in [0, 0.05) is 17.7 Å². The smallest absolute Gasteiger partial charge is 0.235 e. The quantitative estimate of drug-likeness (QED) is 0.380. The third-order valence-corrected chi connectivity index (χ3v) is 5.58. The van der Waals surface area contributed by atoms with Gasteiger partial charge in [0.1, 0.15) is 17.8 Å². The maximum absolute atomic E-state index is 12.0. The van der Waals surface area contributed by atoms with Crippen LogP contribution in [-0.4, -0.2) is 36.6 Å². The number of hydrogen-bond acceptors (Lipinski definition) is 6. The lowest BCUT2D eigenvalue weighted by atomic mass is 10.1. The van der Waals surface area contributed by atoms with E-state index in [0.29, 0.717) is 23.4 Å². The lowest BCUT2D eigenvalue weighted by Crippen LogP contribution is -2.13. The van der Waals surface area contributed by atoms with Crippen LogP contribution in [0, 0.1) is 0 Å². The fourth-order valence-corrected chi connectivity index (χ4v) is 3.86. The first-order chi connectivity index (χ1) is 12.6. The van der Waals surface area contributed by atoms with E-state index in [9.17, 15) is 14.4 Å². The van der Waals surface area contributed by atoms with Crippen LogP contribution in [0.3, 0.4) is 0 Å². The Balaban J connectivity index is 1.64. The van der Waals surface area contributed by atoms with Crippen molar-refractivity contribution in [2.45, 2.75) is 6.42 Å². The van der Waals surface area contributed by atoms with Crippen molar-refractivity contribution in [3.63, 3.8) is 0 Å². The van der Waals surface area contributed by atoms with Gasteiger partial charge >= 0.3 is 0 Å². The number of methoxy groups -OCH3 is 1. The second-order valence-electron chi connectivity index (χ2n) is 5.38. The molecule has 2 rings (SSSR count). The van der Waals surface area contributed by atoms with Crippen LogP contribution < -0.4 is 10.1 Å². The topological polar surface area (TPSA) is 72.5 Å². The van der Waals surface area contributed by atoms with Gasteiger partial charge in [0.25, 0.3) is 0 Å². The number of carbonyl (C=O) groups is 3. The number of amides is 1. The molecule has 0 radical (unpaired) electrons. The van der Waals surface area contributed by atoms with Gasteiger partial charge in [-0.3, -0.25) is 14.4 Å². The van der Waals surface area contributed by atoms with Gasteiger partial charge in [0.05, 0.1) is 18.6 Å². The second-order valence-corrected chi connectivity index (χ2v) is 7.84. The van der Waals surface area contributed by atoms with Gasteiger partial charge in [-0.1, -0.05) is 33.7 Å². The summed E-state index contributed by atoms with van der Waals surface area (Å²) in [6.07, 6.45) is 1.12. The number of anilines is 1. The zero-order valence-corrected chi connectivity index (χ0v) is 15.9. The average molecular weight is 389 g/mol. The largest absolute Gasteiger partial charge is 0.497 e. The minimum atomic E-state index is -0.149. The Morgan fingerprint density at radius 2 is 1.65 bits per heavy atom. The van der Waals surface area contributed by atoms with Crippen LogP contribution in [0.25, 0.3) is 0 Å². The Hall–Kier alpha value is -2.25. The summed E-state index contributed by atoms with van der Waals surface area (Å²) in [5, 5.41) is 2.75. The molecule has 136 valence electrons. The summed E-state index contributed by atoms with van der Waals surface area (Å²) in [6, 6.07) is 14.0. The molecule has 26 heavy (non-hydrogen) atoms. The van der Waals surface area contributed by atoms with Crippen LogP contribution in [0.15, 0.2) is 48.5 Å². The minimum Gasteiger partial charge on any atom is -0.497 e. The molecule has 0 atom stereocenters. The van der Waals surface area contributed by atoms with E-state index in [0.717, 1.165) is 17.6 Å². The highest BCUT2D eigenvalue weighted by Gasteiger charge is 2.07. The van der Waals surface area contributed by atoms with Crippen molar-refractivity contribution in [2.75, 3.05) is 23.9 Å². The number of rotatable bonds is 10. The van der Waals surface area contributed by atoms with Gasteiger partial charge in [-0.25, -0.2) is 0 Å². The van der Waals surface area contributed by atoms with Crippen molar-refractivity contribution >= 4 is 45.3 Å². The number of nitrogens with one attached hydrogen (secondary N) is 1. The van der Waals surface area contributed by atoms with Crippen LogP contribution in [0.4, 0.5) is 5.69 Å². The van der Waals surface area contributed by atoms with Gasteiger partial charge in [-0.2, -0.15) is 0 Å². The van der Waals surface area contributed by atoms with Gasteiger partial charge in [-0.05, 0) is 42.0 Å². The molecule has 0 saturated carbocycles. The van der Waals surface area contributed by atoms with Crippen molar-refractivity contribution in [3.05, 3.63) is 59.7 Å². The molecule has 1 N–H and O–H groups in total. The zero-order chi connectivity index (χ0) is 18.8. The minimum absolute atomic E-state index is 0.109. The molecule has 0 fully saturated rings. The number of carbonyl (C=O) groups excluding carboxylic acids is 3. The molecule has 0 aromatic heterocycles. The fraction of sp³-hybridized carbons (Fsp3) is 0.211. The summed E-state index contributed by atoms with van der Waals surface area (Å²) in [4.78, 5) is 34.4. The third kappa shape index (κ3) is 6.93. The molecule has 2 aromatic rings. The number of ether oxygens (including phenoxy) is 1. The first-order valence-corrected chi connectivity index (χ1v) is 10.3. The summed E-state index contributed by atoms with van der Waals surface area (Å²) >= 11 is 0. The van der Waals surface area contributed by atoms with Crippen LogP contribution >= 0.6 is 21.6 Å². The highest BCUT2D eigenvalue weighted by molar-refractivity contribution is 8.77. The molecular formula is C19H19NO4S2. The van der Waals surface area contributed by atoms with Crippen LogP contribution in [0.2, 0.25) is 0 Å². The molecule has 0 bridgehead atoms. The fourth-order valence-electron chi connectivity index (χ4n) is 2.07. The summed E-state index contributed by atoms with van der Waals surface area (Å²) in [5.74, 6) is 1.31. The van der Waals surface area contributed by atoms with E-state index in [1.54, 1.807) is 31.4 Å². The van der Waals surface area contributed by atoms with E-state index in [1.165, 1.54) is 21.6 Å². The van der Waals surface area contributed by atoms with E-state index in [4.69, 9.17) is 4.74 Å². The van der Waals surface area contributed by atoms with E-state index < -0.39 is 0 Å². The zero-order valence-electron chi connectivity index (χ0n) is 14.3. The number of ketones is 1. The predicted octanol–water partition coefficient (Wildman–Crippen LogP) is 3.64. The van der Waals surface area contributed by atoms with Gasteiger partial charge < -0.3 is 10.1 Å². The average Bonchev–Trinajstić information content (AvgIpc) is 2.66. The first kappa shape index (κ1) is 20.1. The van der Waals surface area contributed by atoms with Crippen molar-refractivity contribution < 1.29 is 19.1 Å². The lowest BCUT2D eigenvalue weighted by Gasteiger charge is -2.05. The first-order valence-electron chi connectivity index (χ1n) is 7.85. The molecule has 0 unspecified atom stereocenters. The molecule has 0 aliphatic carbocycles. The van der Waals surface area contributed by atoms with Crippen molar-refractivity contribution in [1.29, 1.82) is 0 Å². The summed E-state index contributed by atoms with van der Waals surface area (Å²) in [7, 11) is 4.31. The molecule has 0 aliphatic heterocycles. The van der Waals surface area contributed by atoms with Crippen LogP contribution in [0.1, 0.15) is 15.9 Å². The highest BCUT2D eigenvalue weighted by atomic mass is 33.1. The molecule has 1 amide bonds. The molecule has 0 aliphatic rings. The molecule has 0 heterocycles. The van der Waals surface area contributed by atoms with E-state index >= 15 is 0 Å². The monoisotopic (exact) mass is 389 g/mol. The summed E-state index contributed by atoms with van der Waals surface area (Å²) in [6.45, 7) is 0. The predicted molar refractivity (Wildman–Crippen MR) is 107 cm³/mol. The van der Waals surface area contributed by atoms with E-state index in [-0.39, 0.29) is 17.4 Å². The molecule has 7 heteroatoms. The SMILES string of the molecule is COc1ccc(CC(=O)CSSCC(=O)Nc2ccc(C=O)cc2)cc1. The Labute approximate surface area is 160 Å². The Kier molecular flexibility index (Phi) is 8.24. The summed E-state index contributed by atoms with van der Waals surface area (Å²) < 4.78 is 5.08. The van der Waals surface area contributed by atoms with Gasteiger partial charge in [0.15, 0.2) is 0 Å². The van der Waals surface area contributed by atoms with E-state index in [1.807, 2.05) is 24.3 Å². The maximum atomic E-state index is 12.0. The van der Waals surface area contributed by atoms with Crippen molar-refractivity contribution in [1.82, 2.24) is 0 Å². The number of Topliss-reactive ketones (excluding diaryl/α,β-unsaturated/α-hetero) is 1. The Bertz CT molecular complexity index is 745. The Morgan fingerprint density at radius 3 is 2.27 bits per heavy atom. The van der Waals surface area contributed by atoms with E-state index in [2.05, 4.69) is 5.32 Å². The second kappa shape index (κ2) is 10.7. The third-order valence-electron chi connectivity index (χ3n) is 3.38. The van der Waals surface area contributed by atoms with Crippen molar-refractivity contribution in [2.24, 2.45) is 0 Å². The molecule has 0 spiro atoms. The number of aldehydes is 1.